The Morgan fingerprint density at radius 3 is 2.14 bits per heavy atom. The minimum atomic E-state index is -1.77. The molecule has 17 atom stereocenters. The van der Waals surface area contributed by atoms with E-state index < -0.39 is 83.7 Å². The van der Waals surface area contributed by atoms with Gasteiger partial charge in [-0.2, -0.15) is 0 Å². The lowest BCUT2D eigenvalue weighted by Gasteiger charge is -2.48. The Bertz CT molecular complexity index is 1110. The molecular weight excluding hydrogens is 660 g/mol. The van der Waals surface area contributed by atoms with E-state index in [9.17, 15) is 25.2 Å². The number of ether oxygens (including phenoxy) is 6. The molecule has 0 radical (unpaired) electrons. The molecule has 0 saturated carbocycles. The van der Waals surface area contributed by atoms with Gasteiger partial charge in [0.05, 0.1) is 41.5 Å². The van der Waals surface area contributed by atoms with Crippen LogP contribution < -0.4 is 0 Å². The molecule has 3 aliphatic rings. The van der Waals surface area contributed by atoms with Crippen molar-refractivity contribution in [2.24, 2.45) is 17.8 Å². The van der Waals surface area contributed by atoms with Gasteiger partial charge in [-0.1, -0.05) is 20.8 Å². The Kier molecular flexibility index (Phi) is 15.4. The first-order valence-corrected chi connectivity index (χ1v) is 19.0. The van der Waals surface area contributed by atoms with Crippen LogP contribution in [0.2, 0.25) is 0 Å². The molecule has 13 heteroatoms. The first-order valence-electron chi connectivity index (χ1n) is 19.0. The fraction of sp³-hybridized carbons (Fsp3) is 0.974. The Hall–Kier alpha value is -0.970. The summed E-state index contributed by atoms with van der Waals surface area (Å²) in [4.78, 5) is 18.1. The average molecular weight is 733 g/mol. The number of esters is 1. The maximum atomic E-state index is 14.2. The lowest BCUT2D eigenvalue weighted by Crippen LogP contribution is -2.59. The Labute approximate surface area is 307 Å². The minimum absolute atomic E-state index is 0.111. The average Bonchev–Trinajstić information content (AvgIpc) is 3.03. The highest BCUT2D eigenvalue weighted by Crippen LogP contribution is 2.40. The topological polar surface area (TPSA) is 160 Å². The quantitative estimate of drug-likeness (QED) is 0.284. The molecule has 0 spiro atoms. The predicted octanol–water partition coefficient (Wildman–Crippen LogP) is 2.93. The van der Waals surface area contributed by atoms with E-state index in [1.54, 1.807) is 27.9 Å². The molecule has 3 saturated heterocycles. The van der Waals surface area contributed by atoms with E-state index in [0.29, 0.717) is 25.8 Å². The van der Waals surface area contributed by atoms with Crippen LogP contribution in [-0.4, -0.2) is 155 Å². The Morgan fingerprint density at radius 1 is 0.941 bits per heavy atom. The molecule has 3 aliphatic heterocycles. The highest BCUT2D eigenvalue weighted by molar-refractivity contribution is 5.73. The molecule has 0 bridgehead atoms. The summed E-state index contributed by atoms with van der Waals surface area (Å²) in [5.41, 5.74) is -3.81. The van der Waals surface area contributed by atoms with E-state index in [1.165, 1.54) is 6.92 Å². The molecule has 0 unspecified atom stereocenters. The van der Waals surface area contributed by atoms with Crippen LogP contribution in [-0.2, 0) is 33.2 Å². The molecule has 3 rings (SSSR count). The van der Waals surface area contributed by atoms with Crippen LogP contribution in [0.5, 0.6) is 0 Å². The van der Waals surface area contributed by atoms with Crippen LogP contribution in [0.15, 0.2) is 0 Å². The SMILES string of the molecule is CC[C@H]1OC(=O)[C@H](C)[C@@H](O[C@H]2C[C@@](C)(OC)C[C@H](C)O2)[C@H](C)[C@@H](O[C@@H]2O[C@H](C)C[C@H](N(C)C)[C@H]2O)[C@@](C)(O)C[C@@H](C)CN(C)[C@H](C)[C@@H](O)[C@]1(C)O. The van der Waals surface area contributed by atoms with Gasteiger partial charge in [-0.05, 0) is 94.8 Å². The molecule has 0 aromatic rings. The molecular formula is C38H72N2O11. The third-order valence-electron chi connectivity index (χ3n) is 11.9. The first kappa shape index (κ1) is 44.4. The summed E-state index contributed by atoms with van der Waals surface area (Å²) in [7, 11) is 7.32. The van der Waals surface area contributed by atoms with Gasteiger partial charge in [0.15, 0.2) is 12.6 Å². The van der Waals surface area contributed by atoms with Crippen LogP contribution in [0.25, 0.3) is 0 Å². The normalized spacial score (nSPS) is 48.9. The van der Waals surface area contributed by atoms with Crippen LogP contribution in [0, 0.1) is 17.8 Å². The summed E-state index contributed by atoms with van der Waals surface area (Å²) in [5, 5.41) is 47.2. The van der Waals surface area contributed by atoms with Gasteiger partial charge in [-0.25, -0.2) is 0 Å². The van der Waals surface area contributed by atoms with Crippen molar-refractivity contribution in [2.75, 3.05) is 34.8 Å². The number of nitrogens with zero attached hydrogens (tertiary/aromatic N) is 2. The molecule has 3 heterocycles. The van der Waals surface area contributed by atoms with E-state index in [2.05, 4.69) is 0 Å². The van der Waals surface area contributed by atoms with Crippen molar-refractivity contribution in [3.05, 3.63) is 0 Å². The third kappa shape index (κ3) is 10.6. The second-order valence-electron chi connectivity index (χ2n) is 17.2. The van der Waals surface area contributed by atoms with Gasteiger partial charge >= 0.3 is 5.97 Å². The Balaban J connectivity index is 2.16. The van der Waals surface area contributed by atoms with Crippen molar-refractivity contribution < 1.29 is 53.6 Å². The van der Waals surface area contributed by atoms with Crippen molar-refractivity contribution in [3.63, 3.8) is 0 Å². The largest absolute Gasteiger partial charge is 0.459 e. The van der Waals surface area contributed by atoms with Crippen molar-refractivity contribution in [2.45, 2.75) is 186 Å². The molecule has 0 aliphatic carbocycles. The predicted molar refractivity (Wildman–Crippen MR) is 193 cm³/mol. The van der Waals surface area contributed by atoms with Gasteiger partial charge in [0.1, 0.15) is 23.9 Å². The number of likely N-dealkylation sites (N-methyl/N-ethyl adjacent to an activating group) is 2. The van der Waals surface area contributed by atoms with E-state index in [-0.39, 0.29) is 37.0 Å². The van der Waals surface area contributed by atoms with Gasteiger partial charge in [0, 0.05) is 44.5 Å². The molecule has 51 heavy (non-hydrogen) atoms. The van der Waals surface area contributed by atoms with Crippen molar-refractivity contribution in [1.82, 2.24) is 9.80 Å². The third-order valence-corrected chi connectivity index (χ3v) is 11.9. The van der Waals surface area contributed by atoms with E-state index >= 15 is 0 Å². The summed E-state index contributed by atoms with van der Waals surface area (Å²) in [6.45, 7) is 18.8. The molecule has 0 aromatic heterocycles. The zero-order chi connectivity index (χ0) is 38.8. The van der Waals surface area contributed by atoms with E-state index in [4.69, 9.17) is 28.4 Å². The number of aliphatic hydroxyl groups excluding tert-OH is 2. The molecule has 3 fully saturated rings. The molecule has 0 aromatic carbocycles. The highest BCUT2D eigenvalue weighted by Gasteiger charge is 2.51. The van der Waals surface area contributed by atoms with Gasteiger partial charge in [0.2, 0.25) is 0 Å². The number of carbonyl (C=O) groups is 1. The van der Waals surface area contributed by atoms with E-state index in [1.807, 2.05) is 72.5 Å². The molecule has 13 nitrogen and oxygen atoms in total. The summed E-state index contributed by atoms with van der Waals surface area (Å²) in [6.07, 6.45) is -5.28. The monoisotopic (exact) mass is 733 g/mol. The van der Waals surface area contributed by atoms with Crippen LogP contribution in [0.4, 0.5) is 0 Å². The van der Waals surface area contributed by atoms with Crippen molar-refractivity contribution >= 4 is 5.97 Å². The molecule has 300 valence electrons. The van der Waals surface area contributed by atoms with E-state index in [0.717, 1.165) is 0 Å². The number of cyclic esters (lactones) is 1. The zero-order valence-electron chi connectivity index (χ0n) is 33.9. The first-order chi connectivity index (χ1) is 23.5. The number of methoxy groups -OCH3 is 1. The number of hydrogen-bond donors (Lipinski definition) is 4. The second-order valence-corrected chi connectivity index (χ2v) is 17.2. The zero-order valence-corrected chi connectivity index (χ0v) is 33.9. The minimum Gasteiger partial charge on any atom is -0.459 e. The second kappa shape index (κ2) is 17.7. The van der Waals surface area contributed by atoms with Gasteiger partial charge in [0.25, 0.3) is 0 Å². The maximum Gasteiger partial charge on any atom is 0.311 e. The lowest BCUT2D eigenvalue weighted by atomic mass is 9.77. The fourth-order valence-electron chi connectivity index (χ4n) is 8.79. The van der Waals surface area contributed by atoms with Crippen LogP contribution >= 0.6 is 0 Å². The standard InChI is InChI=1S/C38H72N2O11/c1-15-28-38(10,45)32(42)26(7)40(13)20-21(2)17-37(9,44)33(51-35-30(41)27(39(11)12)16-22(3)48-35)24(5)31(25(6)34(43)49-28)50-29-19-36(8,46-14)18-23(4)47-29/h21-33,35,41-42,44-45H,15-20H2,1-14H3/t21-,22-,23+,24+,25-,26-,27+,28-,29+,30-,31+,32-,33-,35+,36+,37+,38-/m1/s1. The fourth-order valence-corrected chi connectivity index (χ4v) is 8.79. The van der Waals surface area contributed by atoms with Gasteiger partial charge in [-0.15, -0.1) is 0 Å². The van der Waals surface area contributed by atoms with Crippen LogP contribution in [0.1, 0.15) is 101 Å². The van der Waals surface area contributed by atoms with Crippen molar-refractivity contribution in [1.29, 1.82) is 0 Å². The van der Waals surface area contributed by atoms with Gasteiger partial charge < -0.3 is 58.6 Å². The number of aliphatic hydroxyl groups is 4. The highest BCUT2D eigenvalue weighted by atomic mass is 16.7. The number of carbonyl (C=O) groups excluding carboxylic acids is 1. The maximum absolute atomic E-state index is 14.2. The summed E-state index contributed by atoms with van der Waals surface area (Å²) in [5.74, 6) is -2.36. The smallest absolute Gasteiger partial charge is 0.311 e. The lowest BCUT2D eigenvalue weighted by molar-refractivity contribution is -0.310. The molecule has 0 amide bonds. The van der Waals surface area contributed by atoms with Gasteiger partial charge in [-0.3, -0.25) is 4.79 Å². The summed E-state index contributed by atoms with van der Waals surface area (Å²) < 4.78 is 37.9. The summed E-state index contributed by atoms with van der Waals surface area (Å²) in [6, 6.07) is -0.758. The number of hydrogen-bond acceptors (Lipinski definition) is 13. The number of rotatable bonds is 7. The molecule has 4 N–H and O–H groups in total. The summed E-state index contributed by atoms with van der Waals surface area (Å²) >= 11 is 0. The Morgan fingerprint density at radius 2 is 1.57 bits per heavy atom. The van der Waals surface area contributed by atoms with Crippen LogP contribution in [0.3, 0.4) is 0 Å². The van der Waals surface area contributed by atoms with Crippen molar-refractivity contribution in [3.8, 4) is 0 Å².